The molecule has 15 heavy (non-hydrogen) atoms. The number of ketones is 1. The first-order valence-electron chi connectivity index (χ1n) is 5.24. The molecule has 80 valence electrons. The third kappa shape index (κ3) is 3.58. The summed E-state index contributed by atoms with van der Waals surface area (Å²) in [5.74, 6) is 0.169. The number of rotatable bonds is 5. The Morgan fingerprint density at radius 1 is 1.27 bits per heavy atom. The van der Waals surface area contributed by atoms with Gasteiger partial charge in [-0.15, -0.1) is 0 Å². The van der Waals surface area contributed by atoms with Gasteiger partial charge in [0, 0.05) is 24.7 Å². The lowest BCUT2D eigenvalue weighted by atomic mass is 10.1. The molecule has 1 aromatic rings. The van der Waals surface area contributed by atoms with Crippen LogP contribution in [0.5, 0.6) is 0 Å². The molecule has 1 rings (SSSR count). The highest BCUT2D eigenvalue weighted by molar-refractivity contribution is 5.97. The molecule has 0 radical (unpaired) electrons. The Hall–Kier alpha value is -1.57. The van der Waals surface area contributed by atoms with E-state index >= 15 is 0 Å². The molecule has 0 aliphatic heterocycles. The molecule has 0 aromatic heterocycles. The van der Waals surface area contributed by atoms with Crippen molar-refractivity contribution in [3.63, 3.8) is 0 Å². The first-order chi connectivity index (χ1) is 7.27. The SMILES string of the molecule is CC/C=C/CC(=O)c1ccc(NC)cc1. The molecular weight excluding hydrogens is 186 g/mol. The van der Waals surface area contributed by atoms with Crippen molar-refractivity contribution in [1.82, 2.24) is 0 Å². The van der Waals surface area contributed by atoms with E-state index in [9.17, 15) is 4.79 Å². The minimum atomic E-state index is 0.169. The largest absolute Gasteiger partial charge is 0.388 e. The van der Waals surface area contributed by atoms with Crippen LogP contribution in [0.15, 0.2) is 36.4 Å². The number of benzene rings is 1. The fourth-order valence-electron chi connectivity index (χ4n) is 1.30. The highest BCUT2D eigenvalue weighted by Crippen LogP contribution is 2.10. The van der Waals surface area contributed by atoms with Crippen molar-refractivity contribution < 1.29 is 4.79 Å². The Balaban J connectivity index is 2.62. The zero-order valence-corrected chi connectivity index (χ0v) is 9.29. The maximum Gasteiger partial charge on any atom is 0.166 e. The molecule has 0 fully saturated rings. The van der Waals surface area contributed by atoms with Crippen LogP contribution >= 0.6 is 0 Å². The lowest BCUT2D eigenvalue weighted by Crippen LogP contribution is -1.97. The van der Waals surface area contributed by atoms with Crippen molar-refractivity contribution in [1.29, 1.82) is 0 Å². The minimum Gasteiger partial charge on any atom is -0.388 e. The van der Waals surface area contributed by atoms with Crippen molar-refractivity contribution in [3.8, 4) is 0 Å². The van der Waals surface area contributed by atoms with E-state index in [1.807, 2.05) is 43.5 Å². The van der Waals surface area contributed by atoms with Gasteiger partial charge < -0.3 is 5.32 Å². The highest BCUT2D eigenvalue weighted by Gasteiger charge is 2.02. The van der Waals surface area contributed by atoms with E-state index < -0.39 is 0 Å². The van der Waals surface area contributed by atoms with Gasteiger partial charge in [-0.25, -0.2) is 0 Å². The smallest absolute Gasteiger partial charge is 0.166 e. The van der Waals surface area contributed by atoms with Crippen molar-refractivity contribution in [2.24, 2.45) is 0 Å². The standard InChI is InChI=1S/C13H17NO/c1-3-4-5-6-13(15)11-7-9-12(14-2)10-8-11/h4-5,7-10,14H,3,6H2,1-2H3/b5-4+. The Kier molecular flexibility index (Phi) is 4.61. The summed E-state index contributed by atoms with van der Waals surface area (Å²) >= 11 is 0. The minimum absolute atomic E-state index is 0.169. The summed E-state index contributed by atoms with van der Waals surface area (Å²) < 4.78 is 0. The van der Waals surface area contributed by atoms with Crippen molar-refractivity contribution in [2.45, 2.75) is 19.8 Å². The second kappa shape index (κ2) is 6.02. The van der Waals surface area contributed by atoms with Crippen molar-refractivity contribution in [3.05, 3.63) is 42.0 Å². The van der Waals surface area contributed by atoms with Crippen molar-refractivity contribution in [2.75, 3.05) is 12.4 Å². The quantitative estimate of drug-likeness (QED) is 0.588. The Morgan fingerprint density at radius 2 is 1.93 bits per heavy atom. The zero-order valence-electron chi connectivity index (χ0n) is 9.29. The second-order valence-electron chi connectivity index (χ2n) is 3.33. The van der Waals surface area contributed by atoms with Crippen LogP contribution in [0.25, 0.3) is 0 Å². The summed E-state index contributed by atoms with van der Waals surface area (Å²) in [6.07, 6.45) is 5.41. The lowest BCUT2D eigenvalue weighted by molar-refractivity contribution is 0.0996. The number of nitrogens with one attached hydrogen (secondary N) is 1. The molecule has 2 heteroatoms. The van der Waals surface area contributed by atoms with Crippen LogP contribution in [0.1, 0.15) is 30.1 Å². The molecule has 1 N–H and O–H groups in total. The molecule has 2 nitrogen and oxygen atoms in total. The fraction of sp³-hybridized carbons (Fsp3) is 0.308. The van der Waals surface area contributed by atoms with Gasteiger partial charge in [-0.05, 0) is 30.7 Å². The number of anilines is 1. The molecule has 0 aliphatic carbocycles. The van der Waals surface area contributed by atoms with Crippen LogP contribution in [-0.4, -0.2) is 12.8 Å². The monoisotopic (exact) mass is 203 g/mol. The van der Waals surface area contributed by atoms with Gasteiger partial charge in [0.15, 0.2) is 5.78 Å². The number of allylic oxidation sites excluding steroid dienone is 2. The third-order valence-corrected chi connectivity index (χ3v) is 2.20. The van der Waals surface area contributed by atoms with E-state index in [0.29, 0.717) is 6.42 Å². The summed E-state index contributed by atoms with van der Waals surface area (Å²) in [4.78, 5) is 11.6. The van der Waals surface area contributed by atoms with Gasteiger partial charge in [-0.3, -0.25) is 4.79 Å². The number of Topliss-reactive ketones (excluding diaryl/α,β-unsaturated/α-hetero) is 1. The average Bonchev–Trinajstić information content (AvgIpc) is 2.29. The maximum atomic E-state index is 11.6. The van der Waals surface area contributed by atoms with Crippen LogP contribution in [0.4, 0.5) is 5.69 Å². The Morgan fingerprint density at radius 3 is 2.47 bits per heavy atom. The zero-order chi connectivity index (χ0) is 11.1. The predicted octanol–water partition coefficient (Wildman–Crippen LogP) is 3.27. The summed E-state index contributed by atoms with van der Waals surface area (Å²) in [5, 5.41) is 3.02. The second-order valence-corrected chi connectivity index (χ2v) is 3.33. The number of hydrogen-bond donors (Lipinski definition) is 1. The molecule has 0 atom stereocenters. The first-order valence-corrected chi connectivity index (χ1v) is 5.24. The van der Waals surface area contributed by atoms with E-state index in [-0.39, 0.29) is 5.78 Å². The van der Waals surface area contributed by atoms with Crippen LogP contribution in [0.2, 0.25) is 0 Å². The molecule has 0 heterocycles. The van der Waals surface area contributed by atoms with E-state index in [0.717, 1.165) is 17.7 Å². The Bertz CT molecular complexity index is 338. The lowest BCUT2D eigenvalue weighted by Gasteiger charge is -2.01. The molecule has 0 bridgehead atoms. The normalized spacial score (nSPS) is 10.5. The first kappa shape index (κ1) is 11.5. The van der Waals surface area contributed by atoms with Crippen molar-refractivity contribution >= 4 is 11.5 Å². The average molecular weight is 203 g/mol. The van der Waals surface area contributed by atoms with E-state index in [1.165, 1.54) is 0 Å². The van der Waals surface area contributed by atoms with Crippen LogP contribution in [-0.2, 0) is 0 Å². The van der Waals surface area contributed by atoms with Gasteiger partial charge in [-0.1, -0.05) is 19.1 Å². The third-order valence-electron chi connectivity index (χ3n) is 2.20. The van der Waals surface area contributed by atoms with Gasteiger partial charge >= 0.3 is 0 Å². The summed E-state index contributed by atoms with van der Waals surface area (Å²) in [5.41, 5.74) is 1.80. The molecule has 0 unspecified atom stereocenters. The van der Waals surface area contributed by atoms with Crippen LogP contribution < -0.4 is 5.32 Å². The number of hydrogen-bond acceptors (Lipinski definition) is 2. The summed E-state index contributed by atoms with van der Waals surface area (Å²) in [6, 6.07) is 7.54. The Labute approximate surface area is 91.0 Å². The van der Waals surface area contributed by atoms with E-state index in [1.54, 1.807) is 0 Å². The van der Waals surface area contributed by atoms with Gasteiger partial charge in [0.2, 0.25) is 0 Å². The van der Waals surface area contributed by atoms with Crippen LogP contribution in [0, 0.1) is 0 Å². The van der Waals surface area contributed by atoms with Gasteiger partial charge in [0.25, 0.3) is 0 Å². The predicted molar refractivity (Wildman–Crippen MR) is 64.4 cm³/mol. The molecule has 1 aromatic carbocycles. The summed E-state index contributed by atoms with van der Waals surface area (Å²) in [6.45, 7) is 2.06. The van der Waals surface area contributed by atoms with E-state index in [4.69, 9.17) is 0 Å². The molecule has 0 saturated heterocycles. The molecule has 0 amide bonds. The molecule has 0 aliphatic rings. The van der Waals surface area contributed by atoms with Gasteiger partial charge in [0.05, 0.1) is 0 Å². The number of carbonyl (C=O) groups excluding carboxylic acids is 1. The number of carbonyl (C=O) groups is 1. The topological polar surface area (TPSA) is 29.1 Å². The summed E-state index contributed by atoms with van der Waals surface area (Å²) in [7, 11) is 1.86. The maximum absolute atomic E-state index is 11.6. The molecule has 0 saturated carbocycles. The van der Waals surface area contributed by atoms with Gasteiger partial charge in [-0.2, -0.15) is 0 Å². The highest BCUT2D eigenvalue weighted by atomic mass is 16.1. The molecular formula is C13H17NO. The molecule has 0 spiro atoms. The van der Waals surface area contributed by atoms with E-state index in [2.05, 4.69) is 12.2 Å². The van der Waals surface area contributed by atoms with Gasteiger partial charge in [0.1, 0.15) is 0 Å². The fourth-order valence-corrected chi connectivity index (χ4v) is 1.30. The van der Waals surface area contributed by atoms with Crippen LogP contribution in [0.3, 0.4) is 0 Å².